The third-order valence-corrected chi connectivity index (χ3v) is 3.28. The Hall–Kier alpha value is -2.78. The number of rotatable bonds is 8. The molecule has 0 unspecified atom stereocenters. The number of aromatic nitrogens is 6. The second-order valence-corrected chi connectivity index (χ2v) is 5.43. The Morgan fingerprint density at radius 1 is 1.00 bits per heavy atom. The minimum absolute atomic E-state index is 0.205. The molecule has 0 aliphatic rings. The highest BCUT2D eigenvalue weighted by Crippen LogP contribution is 2.09. The van der Waals surface area contributed by atoms with E-state index in [9.17, 15) is 0 Å². The lowest BCUT2D eigenvalue weighted by molar-refractivity contribution is 0.776. The molecule has 5 N–H and O–H groups in total. The largest absolute Gasteiger partial charge is 0.368 e. The van der Waals surface area contributed by atoms with E-state index < -0.39 is 0 Å². The van der Waals surface area contributed by atoms with Crippen molar-refractivity contribution in [2.75, 3.05) is 41.8 Å². The Bertz CT molecular complexity index is 654. The summed E-state index contributed by atoms with van der Waals surface area (Å²) in [6, 6.07) is 0. The van der Waals surface area contributed by atoms with Crippen LogP contribution in [-0.4, -0.2) is 50.0 Å². The van der Waals surface area contributed by atoms with Gasteiger partial charge in [0.1, 0.15) is 11.6 Å². The van der Waals surface area contributed by atoms with Gasteiger partial charge in [-0.15, -0.1) is 0 Å². The standard InChI is InChI=1S/C14H24N10/c1-4-5-7-17-13-21-10(20-12(16)22-13)6-8-24(3)14-19-9(2)18-11(15)23-14/h4-8H2,1-3H3,(H2,15,18,19,23)(H3,16,17,20,21,22). The quantitative estimate of drug-likeness (QED) is 0.581. The number of hydrogen-bond donors (Lipinski definition) is 3. The van der Waals surface area contributed by atoms with Crippen molar-refractivity contribution in [2.45, 2.75) is 33.1 Å². The summed E-state index contributed by atoms with van der Waals surface area (Å²) in [7, 11) is 1.87. The summed E-state index contributed by atoms with van der Waals surface area (Å²) in [5.41, 5.74) is 11.4. The van der Waals surface area contributed by atoms with Gasteiger partial charge in [0, 0.05) is 26.6 Å². The van der Waals surface area contributed by atoms with Crippen molar-refractivity contribution in [2.24, 2.45) is 0 Å². The van der Waals surface area contributed by atoms with E-state index in [-0.39, 0.29) is 11.9 Å². The lowest BCUT2D eigenvalue weighted by atomic mass is 10.3. The van der Waals surface area contributed by atoms with Gasteiger partial charge in [0.2, 0.25) is 23.8 Å². The van der Waals surface area contributed by atoms with Gasteiger partial charge in [-0.3, -0.25) is 0 Å². The topological polar surface area (TPSA) is 145 Å². The predicted octanol–water partition coefficient (Wildman–Crippen LogP) is 0.420. The van der Waals surface area contributed by atoms with Gasteiger partial charge < -0.3 is 21.7 Å². The number of hydrogen-bond acceptors (Lipinski definition) is 10. The number of aryl methyl sites for hydroxylation is 1. The second kappa shape index (κ2) is 8.18. The molecular formula is C14H24N10. The van der Waals surface area contributed by atoms with E-state index in [0.717, 1.165) is 19.4 Å². The van der Waals surface area contributed by atoms with Crippen molar-refractivity contribution in [1.29, 1.82) is 0 Å². The molecule has 0 amide bonds. The molecular weight excluding hydrogens is 308 g/mol. The molecule has 10 heteroatoms. The summed E-state index contributed by atoms with van der Waals surface area (Å²) in [4.78, 5) is 26.9. The molecule has 0 aliphatic heterocycles. The third-order valence-electron chi connectivity index (χ3n) is 3.28. The number of nitrogens with two attached hydrogens (primary N) is 2. The maximum Gasteiger partial charge on any atom is 0.230 e. The number of unbranched alkanes of at least 4 members (excludes halogenated alkanes) is 1. The van der Waals surface area contributed by atoms with E-state index in [1.165, 1.54) is 0 Å². The van der Waals surface area contributed by atoms with Crippen LogP contribution in [-0.2, 0) is 6.42 Å². The van der Waals surface area contributed by atoms with E-state index in [1.54, 1.807) is 6.92 Å². The summed E-state index contributed by atoms with van der Waals surface area (Å²) in [5, 5.41) is 3.16. The molecule has 0 saturated carbocycles. The average molecular weight is 332 g/mol. The highest BCUT2D eigenvalue weighted by molar-refractivity contribution is 5.34. The van der Waals surface area contributed by atoms with Gasteiger partial charge in [0.25, 0.3) is 0 Å². The van der Waals surface area contributed by atoms with Crippen LogP contribution in [0.25, 0.3) is 0 Å². The van der Waals surface area contributed by atoms with Crippen molar-refractivity contribution in [1.82, 2.24) is 29.9 Å². The maximum atomic E-state index is 5.76. The number of nitrogens with one attached hydrogen (secondary N) is 1. The Labute approximate surface area is 141 Å². The molecule has 0 saturated heterocycles. The van der Waals surface area contributed by atoms with E-state index in [4.69, 9.17) is 11.5 Å². The van der Waals surface area contributed by atoms with Crippen molar-refractivity contribution in [3.63, 3.8) is 0 Å². The van der Waals surface area contributed by atoms with Crippen molar-refractivity contribution in [3.05, 3.63) is 11.6 Å². The van der Waals surface area contributed by atoms with Crippen LogP contribution in [0.1, 0.15) is 31.4 Å². The number of anilines is 4. The zero-order valence-electron chi connectivity index (χ0n) is 14.3. The Kier molecular flexibility index (Phi) is 5.99. The van der Waals surface area contributed by atoms with Crippen LogP contribution in [0.4, 0.5) is 23.8 Å². The first-order chi connectivity index (χ1) is 11.5. The zero-order valence-corrected chi connectivity index (χ0v) is 14.3. The fraction of sp³-hybridized carbons (Fsp3) is 0.571. The van der Waals surface area contributed by atoms with Crippen molar-refractivity contribution < 1.29 is 0 Å². The summed E-state index contributed by atoms with van der Waals surface area (Å²) in [6.07, 6.45) is 2.72. The van der Waals surface area contributed by atoms with Gasteiger partial charge in [-0.2, -0.15) is 29.9 Å². The molecule has 2 heterocycles. The molecule has 0 spiro atoms. The first-order valence-corrected chi connectivity index (χ1v) is 7.91. The van der Waals surface area contributed by atoms with Crippen LogP contribution in [0.2, 0.25) is 0 Å². The summed E-state index contributed by atoms with van der Waals surface area (Å²) in [5.74, 6) is 2.64. The fourth-order valence-electron chi connectivity index (χ4n) is 2.03. The van der Waals surface area contributed by atoms with Gasteiger partial charge in [-0.1, -0.05) is 13.3 Å². The first kappa shape index (κ1) is 17.6. The summed E-state index contributed by atoms with van der Waals surface area (Å²) >= 11 is 0. The van der Waals surface area contributed by atoms with E-state index >= 15 is 0 Å². The normalized spacial score (nSPS) is 10.6. The van der Waals surface area contributed by atoms with Crippen LogP contribution in [0.3, 0.4) is 0 Å². The van der Waals surface area contributed by atoms with Crippen LogP contribution < -0.4 is 21.7 Å². The third kappa shape index (κ3) is 5.14. The van der Waals surface area contributed by atoms with Crippen LogP contribution in [0.5, 0.6) is 0 Å². The molecule has 0 radical (unpaired) electrons. The molecule has 2 aromatic heterocycles. The molecule has 0 fully saturated rings. The summed E-state index contributed by atoms with van der Waals surface area (Å²) in [6.45, 7) is 5.32. The molecule has 0 aliphatic carbocycles. The maximum absolute atomic E-state index is 5.76. The monoisotopic (exact) mass is 332 g/mol. The highest BCUT2D eigenvalue weighted by Gasteiger charge is 2.10. The molecule has 0 aromatic carbocycles. The average Bonchev–Trinajstić information content (AvgIpc) is 2.51. The fourth-order valence-corrected chi connectivity index (χ4v) is 2.03. The second-order valence-electron chi connectivity index (χ2n) is 5.43. The number of likely N-dealkylation sites (N-methyl/N-ethyl adjacent to an activating group) is 1. The molecule has 130 valence electrons. The first-order valence-electron chi connectivity index (χ1n) is 7.91. The zero-order chi connectivity index (χ0) is 17.5. The number of nitrogen functional groups attached to an aromatic ring is 2. The van der Waals surface area contributed by atoms with Crippen LogP contribution in [0, 0.1) is 6.92 Å². The van der Waals surface area contributed by atoms with E-state index in [0.29, 0.717) is 36.5 Å². The molecule has 0 bridgehead atoms. The SMILES string of the molecule is CCCCNc1nc(N)nc(CCN(C)c2nc(C)nc(N)n2)n1. The van der Waals surface area contributed by atoms with Crippen LogP contribution in [0.15, 0.2) is 0 Å². The Balaban J connectivity index is 2.00. The van der Waals surface area contributed by atoms with Gasteiger partial charge in [-0.05, 0) is 13.3 Å². The van der Waals surface area contributed by atoms with Gasteiger partial charge >= 0.3 is 0 Å². The van der Waals surface area contributed by atoms with Gasteiger partial charge in [0.05, 0.1) is 0 Å². The lowest BCUT2D eigenvalue weighted by Crippen LogP contribution is -2.24. The smallest absolute Gasteiger partial charge is 0.230 e. The summed E-state index contributed by atoms with van der Waals surface area (Å²) < 4.78 is 0. The molecule has 0 atom stereocenters. The minimum atomic E-state index is 0.205. The van der Waals surface area contributed by atoms with Crippen molar-refractivity contribution >= 4 is 23.8 Å². The number of nitrogens with zero attached hydrogens (tertiary/aromatic N) is 7. The molecule has 2 aromatic rings. The molecule has 10 nitrogen and oxygen atoms in total. The Morgan fingerprint density at radius 3 is 2.46 bits per heavy atom. The predicted molar refractivity (Wildman–Crippen MR) is 93.6 cm³/mol. The van der Waals surface area contributed by atoms with Crippen LogP contribution >= 0.6 is 0 Å². The van der Waals surface area contributed by atoms with E-state index in [1.807, 2.05) is 11.9 Å². The molecule has 2 rings (SSSR count). The lowest BCUT2D eigenvalue weighted by Gasteiger charge is -2.17. The van der Waals surface area contributed by atoms with Gasteiger partial charge in [-0.25, -0.2) is 0 Å². The van der Waals surface area contributed by atoms with Gasteiger partial charge in [0.15, 0.2) is 0 Å². The van der Waals surface area contributed by atoms with Crippen molar-refractivity contribution in [3.8, 4) is 0 Å². The molecule has 24 heavy (non-hydrogen) atoms. The minimum Gasteiger partial charge on any atom is -0.368 e. The van der Waals surface area contributed by atoms with E-state index in [2.05, 4.69) is 42.1 Å². The Morgan fingerprint density at radius 2 is 1.75 bits per heavy atom. The highest BCUT2D eigenvalue weighted by atomic mass is 15.3.